The van der Waals surface area contributed by atoms with E-state index in [0.29, 0.717) is 0 Å². The first kappa shape index (κ1) is 9.27. The molecule has 1 aromatic heterocycles. The summed E-state index contributed by atoms with van der Waals surface area (Å²) in [6.07, 6.45) is 1.08. The molecule has 0 saturated heterocycles. The minimum atomic E-state index is 0.925. The van der Waals surface area contributed by atoms with Crippen LogP contribution in [0.4, 0.5) is 5.69 Å². The van der Waals surface area contributed by atoms with E-state index >= 15 is 0 Å². The Morgan fingerprint density at radius 1 is 1.54 bits per heavy atom. The summed E-state index contributed by atoms with van der Waals surface area (Å²) in [4.78, 5) is 0. The molecule has 13 heavy (non-hydrogen) atoms. The lowest BCUT2D eigenvalue weighted by Gasteiger charge is -2.04. The molecule has 68 valence electrons. The number of nitrogens with two attached hydrogens (primary N) is 1. The lowest BCUT2D eigenvalue weighted by Crippen LogP contribution is -1.92. The number of hydrogen-bond donors (Lipinski definition) is 1. The Morgan fingerprint density at radius 2 is 2.31 bits per heavy atom. The third kappa shape index (κ3) is 1.44. The predicted octanol–water partition coefficient (Wildman–Crippen LogP) is 3.65. The second kappa shape index (κ2) is 3.46. The van der Waals surface area contributed by atoms with Crippen LogP contribution < -0.4 is 5.73 Å². The van der Waals surface area contributed by atoms with Crippen LogP contribution in [0.5, 0.6) is 0 Å². The highest BCUT2D eigenvalue weighted by molar-refractivity contribution is 14.1. The van der Waals surface area contributed by atoms with Gasteiger partial charge in [0, 0.05) is 13.7 Å². The first-order chi connectivity index (χ1) is 6.24. The van der Waals surface area contributed by atoms with Crippen molar-refractivity contribution in [1.82, 2.24) is 0 Å². The van der Waals surface area contributed by atoms with Crippen LogP contribution in [0, 0.1) is 3.57 Å². The van der Waals surface area contributed by atoms with E-state index in [1.54, 1.807) is 11.3 Å². The second-order valence-corrected chi connectivity index (χ2v) is 5.03. The van der Waals surface area contributed by atoms with Gasteiger partial charge >= 0.3 is 0 Å². The zero-order valence-corrected chi connectivity index (χ0v) is 10.3. The molecule has 1 heterocycles. The van der Waals surface area contributed by atoms with E-state index in [4.69, 9.17) is 5.73 Å². The molecule has 0 aliphatic carbocycles. The van der Waals surface area contributed by atoms with E-state index in [-0.39, 0.29) is 0 Å². The fourth-order valence-corrected chi connectivity index (χ4v) is 3.12. The molecule has 2 aromatic rings. The molecule has 1 aromatic carbocycles. The Balaban J connectivity index is 2.87. The summed E-state index contributed by atoms with van der Waals surface area (Å²) in [5.41, 5.74) is 8.32. The average Bonchev–Trinajstić information content (AvgIpc) is 2.60. The molecule has 0 fully saturated rings. The zero-order valence-electron chi connectivity index (χ0n) is 7.30. The van der Waals surface area contributed by atoms with Crippen molar-refractivity contribution in [3.05, 3.63) is 26.6 Å². The van der Waals surface area contributed by atoms with Gasteiger partial charge in [-0.3, -0.25) is 0 Å². The SMILES string of the molecule is CCc1cc(I)c(N)c2ccsc12. The number of thiophene rings is 1. The van der Waals surface area contributed by atoms with E-state index < -0.39 is 0 Å². The van der Waals surface area contributed by atoms with Gasteiger partial charge < -0.3 is 5.73 Å². The van der Waals surface area contributed by atoms with Gasteiger partial charge in [-0.15, -0.1) is 11.3 Å². The Hall–Kier alpha value is -0.290. The van der Waals surface area contributed by atoms with Crippen LogP contribution in [-0.2, 0) is 6.42 Å². The number of halogens is 1. The summed E-state index contributed by atoms with van der Waals surface area (Å²) in [7, 11) is 0. The molecule has 0 radical (unpaired) electrons. The van der Waals surface area contributed by atoms with Gasteiger partial charge in [0.25, 0.3) is 0 Å². The molecule has 2 N–H and O–H groups in total. The van der Waals surface area contributed by atoms with Crippen LogP contribution in [0.3, 0.4) is 0 Å². The van der Waals surface area contributed by atoms with E-state index in [0.717, 1.165) is 12.1 Å². The van der Waals surface area contributed by atoms with Crippen LogP contribution in [0.15, 0.2) is 17.5 Å². The number of rotatable bonds is 1. The van der Waals surface area contributed by atoms with Gasteiger partial charge in [-0.05, 0) is 52.1 Å². The molecule has 1 nitrogen and oxygen atoms in total. The van der Waals surface area contributed by atoms with Gasteiger partial charge in [0.2, 0.25) is 0 Å². The first-order valence-electron chi connectivity index (χ1n) is 4.18. The third-order valence-electron chi connectivity index (χ3n) is 2.19. The van der Waals surface area contributed by atoms with Crippen molar-refractivity contribution in [1.29, 1.82) is 0 Å². The van der Waals surface area contributed by atoms with Gasteiger partial charge in [0.15, 0.2) is 0 Å². The van der Waals surface area contributed by atoms with Crippen molar-refractivity contribution >= 4 is 49.7 Å². The highest BCUT2D eigenvalue weighted by Crippen LogP contribution is 2.33. The topological polar surface area (TPSA) is 26.0 Å². The van der Waals surface area contributed by atoms with Crippen molar-refractivity contribution in [2.75, 3.05) is 5.73 Å². The molecule has 3 heteroatoms. The van der Waals surface area contributed by atoms with Gasteiger partial charge in [-0.2, -0.15) is 0 Å². The molecule has 0 unspecified atom stereocenters. The number of hydrogen-bond acceptors (Lipinski definition) is 2. The van der Waals surface area contributed by atoms with Crippen molar-refractivity contribution < 1.29 is 0 Å². The molecule has 0 amide bonds. The van der Waals surface area contributed by atoms with E-state index in [1.807, 2.05) is 0 Å². The monoisotopic (exact) mass is 303 g/mol. The van der Waals surface area contributed by atoms with Crippen LogP contribution in [0.2, 0.25) is 0 Å². The van der Waals surface area contributed by atoms with Gasteiger partial charge in [-0.25, -0.2) is 0 Å². The smallest absolute Gasteiger partial charge is 0.0538 e. The molecular weight excluding hydrogens is 293 g/mol. The zero-order chi connectivity index (χ0) is 9.42. The molecule has 0 atom stereocenters. The summed E-state index contributed by atoms with van der Waals surface area (Å²) in [5, 5.41) is 3.32. The average molecular weight is 303 g/mol. The molecule has 0 bridgehead atoms. The summed E-state index contributed by atoms with van der Waals surface area (Å²) in [5.74, 6) is 0. The number of fused-ring (bicyclic) bond motifs is 1. The van der Waals surface area contributed by atoms with Crippen LogP contribution in [-0.4, -0.2) is 0 Å². The number of anilines is 1. The Morgan fingerprint density at radius 3 is 3.00 bits per heavy atom. The lowest BCUT2D eigenvalue weighted by molar-refractivity contribution is 1.16. The Kier molecular flexibility index (Phi) is 2.47. The fourth-order valence-electron chi connectivity index (χ4n) is 1.46. The number of nitrogen functional groups attached to an aromatic ring is 1. The number of benzene rings is 1. The third-order valence-corrected chi connectivity index (χ3v) is 4.07. The first-order valence-corrected chi connectivity index (χ1v) is 6.14. The molecule has 0 aliphatic rings. The number of aryl methyl sites for hydroxylation is 1. The molecule has 0 aliphatic heterocycles. The van der Waals surface area contributed by atoms with E-state index in [9.17, 15) is 0 Å². The largest absolute Gasteiger partial charge is 0.397 e. The highest BCUT2D eigenvalue weighted by atomic mass is 127. The van der Waals surface area contributed by atoms with Crippen LogP contribution >= 0.6 is 33.9 Å². The summed E-state index contributed by atoms with van der Waals surface area (Å²) < 4.78 is 2.51. The van der Waals surface area contributed by atoms with Crippen molar-refractivity contribution in [2.45, 2.75) is 13.3 Å². The van der Waals surface area contributed by atoms with Crippen LogP contribution in [0.25, 0.3) is 10.1 Å². The minimum Gasteiger partial charge on any atom is -0.397 e. The van der Waals surface area contributed by atoms with Crippen molar-refractivity contribution in [2.24, 2.45) is 0 Å². The quantitative estimate of drug-likeness (QED) is 0.631. The maximum atomic E-state index is 5.99. The van der Waals surface area contributed by atoms with E-state index in [1.165, 1.54) is 19.2 Å². The van der Waals surface area contributed by atoms with Gasteiger partial charge in [0.05, 0.1) is 5.69 Å². The normalized spacial score (nSPS) is 10.9. The second-order valence-electron chi connectivity index (χ2n) is 2.95. The highest BCUT2D eigenvalue weighted by Gasteiger charge is 2.07. The molecular formula is C10H10INS. The van der Waals surface area contributed by atoms with Crippen molar-refractivity contribution in [3.8, 4) is 0 Å². The maximum Gasteiger partial charge on any atom is 0.0538 e. The van der Waals surface area contributed by atoms with Gasteiger partial charge in [0.1, 0.15) is 0 Å². The Bertz CT molecular complexity index is 447. The Labute approximate surface area is 95.1 Å². The van der Waals surface area contributed by atoms with E-state index in [2.05, 4.69) is 47.0 Å². The maximum absolute atomic E-state index is 5.99. The summed E-state index contributed by atoms with van der Waals surface area (Å²) in [6.45, 7) is 2.18. The molecule has 0 saturated carbocycles. The molecule has 2 rings (SSSR count). The van der Waals surface area contributed by atoms with Gasteiger partial charge in [-0.1, -0.05) is 6.92 Å². The summed E-state index contributed by atoms with van der Waals surface area (Å²) >= 11 is 4.08. The minimum absolute atomic E-state index is 0.925. The van der Waals surface area contributed by atoms with Crippen molar-refractivity contribution in [3.63, 3.8) is 0 Å². The predicted molar refractivity (Wildman–Crippen MR) is 68.3 cm³/mol. The standard InChI is InChI=1S/C10H10INS/c1-2-6-5-8(11)9(12)7-3-4-13-10(6)7/h3-5H,2,12H2,1H3. The fraction of sp³-hybridized carbons (Fsp3) is 0.200. The lowest BCUT2D eigenvalue weighted by atomic mass is 10.1. The summed E-state index contributed by atoms with van der Waals surface area (Å²) in [6, 6.07) is 4.30. The van der Waals surface area contributed by atoms with Crippen LogP contribution in [0.1, 0.15) is 12.5 Å². The molecule has 0 spiro atoms.